The van der Waals surface area contributed by atoms with E-state index in [0.717, 1.165) is 31.4 Å². The minimum absolute atomic E-state index is 0.126. The fraction of sp³-hybridized carbons (Fsp3) is 0.450. The van der Waals surface area contributed by atoms with E-state index in [0.29, 0.717) is 28.6 Å². The topological polar surface area (TPSA) is 77.5 Å². The number of benzene rings is 1. The van der Waals surface area contributed by atoms with Gasteiger partial charge in [-0.1, -0.05) is 6.42 Å². The lowest BCUT2D eigenvalue weighted by Gasteiger charge is -2.40. The van der Waals surface area contributed by atoms with Crippen LogP contribution in [0.15, 0.2) is 23.6 Å². The predicted octanol–water partition coefficient (Wildman–Crippen LogP) is 4.14. The highest BCUT2D eigenvalue weighted by atomic mass is 32.1. The van der Waals surface area contributed by atoms with Gasteiger partial charge in [-0.3, -0.25) is 14.9 Å². The number of hydrogen-bond donors (Lipinski definition) is 1. The average molecular weight is 386 g/mol. The van der Waals surface area contributed by atoms with Gasteiger partial charge in [-0.2, -0.15) is 0 Å². The van der Waals surface area contributed by atoms with E-state index < -0.39 is 0 Å². The van der Waals surface area contributed by atoms with Gasteiger partial charge in [0.05, 0.1) is 17.7 Å². The third-order valence-electron chi connectivity index (χ3n) is 5.06. The molecule has 0 atom stereocenters. The Hall–Kier alpha value is -2.41. The molecular formula is C20H22N2O4S. The Labute approximate surface area is 161 Å². The summed E-state index contributed by atoms with van der Waals surface area (Å²) in [6.45, 7) is 1.74. The van der Waals surface area contributed by atoms with Crippen molar-refractivity contribution in [3.8, 4) is 11.5 Å². The molecule has 7 heteroatoms. The number of Topliss-reactive ketones (excluding diaryl/α,β-unsaturated/α-hetero) is 1. The molecule has 0 saturated heterocycles. The molecule has 1 amide bonds. The Morgan fingerprint density at radius 2 is 2.15 bits per heavy atom. The molecule has 1 saturated carbocycles. The summed E-state index contributed by atoms with van der Waals surface area (Å²) in [5.41, 5.74) is 1.10. The van der Waals surface area contributed by atoms with Gasteiger partial charge in [0.15, 0.2) is 17.5 Å². The number of amides is 1. The van der Waals surface area contributed by atoms with Crippen LogP contribution in [0.25, 0.3) is 0 Å². The number of aromatic nitrogens is 1. The molecule has 0 radical (unpaired) electrons. The summed E-state index contributed by atoms with van der Waals surface area (Å²) >= 11 is 1.37. The average Bonchev–Trinajstić information content (AvgIpc) is 3.05. The van der Waals surface area contributed by atoms with Gasteiger partial charge in [-0.15, -0.1) is 11.3 Å². The van der Waals surface area contributed by atoms with E-state index in [4.69, 9.17) is 9.47 Å². The molecule has 1 aromatic heterocycles. The van der Waals surface area contributed by atoms with Gasteiger partial charge < -0.3 is 9.47 Å². The zero-order chi connectivity index (χ0) is 18.9. The van der Waals surface area contributed by atoms with Crippen molar-refractivity contribution >= 4 is 28.2 Å². The molecule has 4 rings (SSSR count). The maximum absolute atomic E-state index is 12.6. The molecule has 1 fully saturated rings. The second kappa shape index (κ2) is 7.31. The van der Waals surface area contributed by atoms with E-state index >= 15 is 0 Å². The number of aryl methyl sites for hydroxylation is 1. The maximum Gasteiger partial charge on any atom is 0.264 e. The van der Waals surface area contributed by atoms with Crippen LogP contribution < -0.4 is 14.8 Å². The molecule has 1 spiro atoms. The summed E-state index contributed by atoms with van der Waals surface area (Å²) in [7, 11) is 0. The van der Waals surface area contributed by atoms with Crippen LogP contribution in [0.5, 0.6) is 11.5 Å². The molecule has 6 nitrogen and oxygen atoms in total. The van der Waals surface area contributed by atoms with Crippen molar-refractivity contribution in [3.63, 3.8) is 0 Å². The monoisotopic (exact) mass is 386 g/mol. The van der Waals surface area contributed by atoms with Crippen LogP contribution in [0.1, 0.15) is 54.6 Å². The number of carbonyl (C=O) groups excluding carboxylic acids is 2. The number of hydrogen-bond acceptors (Lipinski definition) is 6. The Morgan fingerprint density at radius 3 is 2.89 bits per heavy atom. The number of anilines is 1. The highest BCUT2D eigenvalue weighted by Crippen LogP contribution is 2.42. The standard InChI is InChI=1S/C20H22N2O4S/c1-13-12-27-19(21-13)22-18(24)11-25-14-5-6-15-16(23)10-20(26-17(15)9-14)7-3-2-4-8-20/h5-6,9,12H,2-4,7-8,10-11H2,1H3,(H,21,22,24). The van der Waals surface area contributed by atoms with Gasteiger partial charge >= 0.3 is 0 Å². The zero-order valence-electron chi connectivity index (χ0n) is 15.2. The van der Waals surface area contributed by atoms with Crippen LogP contribution in [-0.2, 0) is 4.79 Å². The number of ether oxygens (including phenoxy) is 2. The molecule has 1 N–H and O–H groups in total. The van der Waals surface area contributed by atoms with Gasteiger partial charge in [0, 0.05) is 11.4 Å². The third kappa shape index (κ3) is 3.98. The van der Waals surface area contributed by atoms with Crippen molar-refractivity contribution in [1.29, 1.82) is 0 Å². The first-order valence-electron chi connectivity index (χ1n) is 9.24. The lowest BCUT2D eigenvalue weighted by Crippen LogP contribution is -2.43. The van der Waals surface area contributed by atoms with Crippen LogP contribution in [0.4, 0.5) is 5.13 Å². The smallest absolute Gasteiger partial charge is 0.264 e. The molecule has 0 bridgehead atoms. The van der Waals surface area contributed by atoms with Crippen molar-refractivity contribution in [2.24, 2.45) is 0 Å². The van der Waals surface area contributed by atoms with Crippen molar-refractivity contribution in [1.82, 2.24) is 4.98 Å². The maximum atomic E-state index is 12.6. The summed E-state index contributed by atoms with van der Waals surface area (Å²) in [4.78, 5) is 28.8. The Kier molecular flexibility index (Phi) is 4.86. The molecular weight excluding hydrogens is 364 g/mol. The summed E-state index contributed by atoms with van der Waals surface area (Å²) < 4.78 is 11.9. The second-order valence-electron chi connectivity index (χ2n) is 7.23. The summed E-state index contributed by atoms with van der Waals surface area (Å²) in [6.07, 6.45) is 5.67. The Bertz CT molecular complexity index is 871. The van der Waals surface area contributed by atoms with Gasteiger partial charge in [0.1, 0.15) is 17.1 Å². The number of ketones is 1. The number of nitrogens with one attached hydrogen (secondary N) is 1. The highest BCUT2D eigenvalue weighted by Gasteiger charge is 2.41. The van der Waals surface area contributed by atoms with E-state index in [1.54, 1.807) is 18.2 Å². The molecule has 2 aromatic rings. The van der Waals surface area contributed by atoms with Gasteiger partial charge in [0.2, 0.25) is 0 Å². The van der Waals surface area contributed by atoms with Crippen LogP contribution >= 0.6 is 11.3 Å². The van der Waals surface area contributed by atoms with Crippen molar-refractivity contribution in [2.75, 3.05) is 11.9 Å². The SMILES string of the molecule is Cc1csc(NC(=O)COc2ccc3c(c2)OC2(CCCCC2)CC3=O)n1. The number of carbonyl (C=O) groups is 2. The Balaban J connectivity index is 1.42. The van der Waals surface area contributed by atoms with E-state index in [1.165, 1.54) is 17.8 Å². The second-order valence-corrected chi connectivity index (χ2v) is 8.09. The minimum atomic E-state index is -0.360. The molecule has 1 aliphatic heterocycles. The van der Waals surface area contributed by atoms with Crippen LogP contribution in [0.2, 0.25) is 0 Å². The lowest BCUT2D eigenvalue weighted by molar-refractivity contribution is -0.118. The van der Waals surface area contributed by atoms with Crippen LogP contribution in [-0.4, -0.2) is 28.9 Å². The lowest BCUT2D eigenvalue weighted by atomic mass is 9.78. The molecule has 2 aliphatic rings. The molecule has 0 unspecified atom stereocenters. The Morgan fingerprint density at radius 1 is 1.33 bits per heavy atom. The van der Waals surface area contributed by atoms with E-state index in [9.17, 15) is 9.59 Å². The summed E-state index contributed by atoms with van der Waals surface area (Å²) in [6, 6.07) is 5.16. The van der Waals surface area contributed by atoms with Crippen molar-refractivity contribution < 1.29 is 19.1 Å². The van der Waals surface area contributed by atoms with Crippen molar-refractivity contribution in [3.05, 3.63) is 34.8 Å². The zero-order valence-corrected chi connectivity index (χ0v) is 16.1. The van der Waals surface area contributed by atoms with Gasteiger partial charge in [-0.25, -0.2) is 4.98 Å². The fourth-order valence-corrected chi connectivity index (χ4v) is 4.46. The first-order valence-corrected chi connectivity index (χ1v) is 10.1. The van der Waals surface area contributed by atoms with E-state index in [-0.39, 0.29) is 23.9 Å². The number of rotatable bonds is 4. The molecule has 142 valence electrons. The van der Waals surface area contributed by atoms with Crippen LogP contribution in [0.3, 0.4) is 0 Å². The molecule has 2 heterocycles. The molecule has 27 heavy (non-hydrogen) atoms. The largest absolute Gasteiger partial charge is 0.486 e. The summed E-state index contributed by atoms with van der Waals surface area (Å²) in [5.74, 6) is 0.936. The fourth-order valence-electron chi connectivity index (χ4n) is 3.75. The van der Waals surface area contributed by atoms with Crippen molar-refractivity contribution in [2.45, 2.75) is 51.0 Å². The van der Waals surface area contributed by atoms with E-state index in [2.05, 4.69) is 10.3 Å². The molecule has 1 aliphatic carbocycles. The quantitative estimate of drug-likeness (QED) is 0.855. The predicted molar refractivity (Wildman–Crippen MR) is 103 cm³/mol. The highest BCUT2D eigenvalue weighted by molar-refractivity contribution is 7.13. The number of nitrogens with zero attached hydrogens (tertiary/aromatic N) is 1. The van der Waals surface area contributed by atoms with Gasteiger partial charge in [-0.05, 0) is 44.7 Å². The number of fused-ring (bicyclic) bond motifs is 1. The van der Waals surface area contributed by atoms with Gasteiger partial charge in [0.25, 0.3) is 5.91 Å². The first kappa shape index (κ1) is 18.0. The van der Waals surface area contributed by atoms with E-state index in [1.807, 2.05) is 12.3 Å². The first-order chi connectivity index (χ1) is 13.0. The minimum Gasteiger partial charge on any atom is -0.486 e. The number of thiazole rings is 1. The molecule has 1 aromatic carbocycles. The van der Waals surface area contributed by atoms with Crippen LogP contribution in [0, 0.1) is 6.92 Å². The summed E-state index contributed by atoms with van der Waals surface area (Å²) in [5, 5.41) is 5.13. The third-order valence-corrected chi connectivity index (χ3v) is 5.94. The normalized spacial score (nSPS) is 17.9.